The smallest absolute Gasteiger partial charge is 0.291 e. The molecule has 192 valence electrons. The van der Waals surface area contributed by atoms with E-state index in [1.54, 1.807) is 18.5 Å². The van der Waals surface area contributed by atoms with Gasteiger partial charge in [0.2, 0.25) is 5.82 Å². The summed E-state index contributed by atoms with van der Waals surface area (Å²) in [7, 11) is 0. The molecular formula is C26H25N9O3. The van der Waals surface area contributed by atoms with E-state index < -0.39 is 0 Å². The maximum absolute atomic E-state index is 13.1. The molecule has 2 saturated heterocycles. The lowest BCUT2D eigenvalue weighted by molar-refractivity contribution is 0.0556. The molecule has 2 bridgehead atoms. The third kappa shape index (κ3) is 3.88. The standard InChI is InChI=1S/C26H25N9O3/c1-14(37)21-22(16-9-18-6-7-19(10-16)34(18)26(38)24-29-13-30-33-24)32-25-20(12-31-35(25)23(21)27)15-4-5-17(28-11-15)3-2-8-36/h4-5,11-13,16,18-19,36H,6-10,27H2,1H3,(H,29,30,33)/t16?,18-,19+. The number of hydrogen-bond acceptors (Lipinski definition) is 9. The summed E-state index contributed by atoms with van der Waals surface area (Å²) >= 11 is 0. The van der Waals surface area contributed by atoms with Crippen molar-refractivity contribution in [2.24, 2.45) is 0 Å². The Hall–Kier alpha value is -4.63. The molecule has 6 rings (SSSR count). The Kier molecular flexibility index (Phi) is 5.84. The lowest BCUT2D eigenvalue weighted by Crippen LogP contribution is -2.46. The normalized spacial score (nSPS) is 20.4. The van der Waals surface area contributed by atoms with E-state index in [2.05, 4.69) is 37.1 Å². The Bertz CT molecular complexity index is 1580. The van der Waals surface area contributed by atoms with E-state index in [4.69, 9.17) is 15.8 Å². The molecule has 38 heavy (non-hydrogen) atoms. The number of H-pyrrole nitrogens is 1. The summed E-state index contributed by atoms with van der Waals surface area (Å²) in [5.74, 6) is 5.46. The first-order valence-electron chi connectivity index (χ1n) is 12.4. The molecule has 6 heterocycles. The summed E-state index contributed by atoms with van der Waals surface area (Å²) in [4.78, 5) is 41.2. The fourth-order valence-electron chi connectivity index (χ4n) is 5.81. The Morgan fingerprint density at radius 3 is 2.61 bits per heavy atom. The molecule has 0 saturated carbocycles. The van der Waals surface area contributed by atoms with Gasteiger partial charge in [0.25, 0.3) is 5.91 Å². The van der Waals surface area contributed by atoms with Crippen molar-refractivity contribution in [3.8, 4) is 23.0 Å². The average molecular weight is 512 g/mol. The maximum Gasteiger partial charge on any atom is 0.291 e. The lowest BCUT2D eigenvalue weighted by atomic mass is 9.85. The van der Waals surface area contributed by atoms with Crippen molar-refractivity contribution >= 4 is 23.2 Å². The Balaban J connectivity index is 1.38. The Morgan fingerprint density at radius 2 is 1.97 bits per heavy atom. The van der Waals surface area contributed by atoms with Crippen molar-refractivity contribution in [1.29, 1.82) is 0 Å². The number of nitrogens with zero attached hydrogens (tertiary/aromatic N) is 7. The summed E-state index contributed by atoms with van der Waals surface area (Å²) in [6, 6.07) is 3.64. The molecule has 2 aliphatic rings. The van der Waals surface area contributed by atoms with Gasteiger partial charge in [0.15, 0.2) is 11.4 Å². The van der Waals surface area contributed by atoms with Gasteiger partial charge in [-0.25, -0.2) is 15.0 Å². The number of aromatic nitrogens is 7. The first kappa shape index (κ1) is 23.7. The average Bonchev–Trinajstić information content (AvgIpc) is 3.65. The summed E-state index contributed by atoms with van der Waals surface area (Å²) in [5.41, 5.74) is 10.1. The van der Waals surface area contributed by atoms with Crippen LogP contribution in [0.4, 0.5) is 5.82 Å². The zero-order chi connectivity index (χ0) is 26.4. The van der Waals surface area contributed by atoms with Gasteiger partial charge in [-0.3, -0.25) is 14.7 Å². The quantitative estimate of drug-likeness (QED) is 0.272. The molecule has 2 fully saturated rings. The molecule has 1 unspecified atom stereocenters. The number of anilines is 1. The van der Waals surface area contributed by atoms with E-state index in [1.165, 1.54) is 17.8 Å². The number of nitrogen functional groups attached to an aromatic ring is 1. The van der Waals surface area contributed by atoms with Gasteiger partial charge in [-0.2, -0.15) is 14.7 Å². The van der Waals surface area contributed by atoms with Gasteiger partial charge < -0.3 is 15.7 Å². The van der Waals surface area contributed by atoms with Gasteiger partial charge in [-0.05, 0) is 50.7 Å². The number of aliphatic hydroxyl groups excluding tert-OH is 1. The number of pyridine rings is 1. The van der Waals surface area contributed by atoms with Gasteiger partial charge in [0.05, 0.1) is 17.5 Å². The predicted molar refractivity (Wildman–Crippen MR) is 136 cm³/mol. The zero-order valence-corrected chi connectivity index (χ0v) is 20.6. The van der Waals surface area contributed by atoms with Crippen LogP contribution in [-0.2, 0) is 0 Å². The molecule has 12 heteroatoms. The Labute approximate surface area is 217 Å². The largest absolute Gasteiger partial charge is 0.384 e. The monoisotopic (exact) mass is 511 g/mol. The van der Waals surface area contributed by atoms with Crippen molar-refractivity contribution in [2.45, 2.75) is 50.6 Å². The number of ketones is 1. The fourth-order valence-corrected chi connectivity index (χ4v) is 5.81. The van der Waals surface area contributed by atoms with E-state index in [1.807, 2.05) is 11.0 Å². The van der Waals surface area contributed by atoms with Crippen LogP contribution < -0.4 is 5.73 Å². The number of piperidine rings is 1. The highest BCUT2D eigenvalue weighted by molar-refractivity contribution is 6.00. The van der Waals surface area contributed by atoms with Crippen molar-refractivity contribution in [1.82, 2.24) is 39.7 Å². The molecule has 4 aromatic rings. The molecule has 4 aromatic heterocycles. The molecule has 1 amide bonds. The molecule has 2 aliphatic heterocycles. The van der Waals surface area contributed by atoms with Gasteiger partial charge in [0, 0.05) is 35.3 Å². The number of nitrogens with one attached hydrogen (secondary N) is 1. The van der Waals surface area contributed by atoms with Crippen molar-refractivity contribution in [2.75, 3.05) is 12.3 Å². The number of nitrogens with two attached hydrogens (primary N) is 1. The molecule has 12 nitrogen and oxygen atoms in total. The number of hydrogen-bond donors (Lipinski definition) is 3. The minimum Gasteiger partial charge on any atom is -0.384 e. The van der Waals surface area contributed by atoms with Crippen LogP contribution in [0.15, 0.2) is 30.9 Å². The van der Waals surface area contributed by atoms with Crippen molar-refractivity contribution in [3.63, 3.8) is 0 Å². The van der Waals surface area contributed by atoms with Crippen LogP contribution in [0.3, 0.4) is 0 Å². The van der Waals surface area contributed by atoms with Crippen molar-refractivity contribution in [3.05, 3.63) is 53.6 Å². The molecule has 0 radical (unpaired) electrons. The highest BCUT2D eigenvalue weighted by atomic mass is 16.2. The second-order valence-corrected chi connectivity index (χ2v) is 9.60. The van der Waals surface area contributed by atoms with E-state index >= 15 is 0 Å². The highest BCUT2D eigenvalue weighted by Gasteiger charge is 2.45. The number of Topliss-reactive ketones (excluding diaryl/α,β-unsaturated/α-hetero) is 1. The molecule has 0 aliphatic carbocycles. The van der Waals surface area contributed by atoms with Crippen LogP contribution in [0.5, 0.6) is 0 Å². The summed E-state index contributed by atoms with van der Waals surface area (Å²) in [6.07, 6.45) is 7.75. The van der Waals surface area contributed by atoms with E-state index in [9.17, 15) is 9.59 Å². The summed E-state index contributed by atoms with van der Waals surface area (Å²) in [5, 5.41) is 19.8. The topological polar surface area (TPSA) is 168 Å². The van der Waals surface area contributed by atoms with Crippen LogP contribution in [0.2, 0.25) is 0 Å². The second kappa shape index (κ2) is 9.35. The van der Waals surface area contributed by atoms with Crippen LogP contribution in [-0.4, -0.2) is 75.2 Å². The van der Waals surface area contributed by atoms with Crippen LogP contribution in [0.25, 0.3) is 16.8 Å². The zero-order valence-electron chi connectivity index (χ0n) is 20.6. The van der Waals surface area contributed by atoms with Crippen LogP contribution >= 0.6 is 0 Å². The number of aliphatic hydroxyl groups is 1. The first-order chi connectivity index (χ1) is 18.5. The summed E-state index contributed by atoms with van der Waals surface area (Å²) < 4.78 is 1.49. The fraction of sp³-hybridized carbons (Fsp3) is 0.346. The number of carbonyl (C=O) groups excluding carboxylic acids is 2. The van der Waals surface area contributed by atoms with E-state index in [0.717, 1.165) is 24.0 Å². The van der Waals surface area contributed by atoms with E-state index in [0.29, 0.717) is 35.4 Å². The summed E-state index contributed by atoms with van der Waals surface area (Å²) in [6.45, 7) is 1.25. The maximum atomic E-state index is 13.1. The number of fused-ring (bicyclic) bond motifs is 3. The predicted octanol–water partition coefficient (Wildman–Crippen LogP) is 1.59. The molecule has 3 atom stereocenters. The van der Waals surface area contributed by atoms with Gasteiger partial charge in [0.1, 0.15) is 24.4 Å². The first-order valence-corrected chi connectivity index (χ1v) is 12.4. The molecule has 0 spiro atoms. The minimum absolute atomic E-state index is 0.0107. The Morgan fingerprint density at radius 1 is 1.18 bits per heavy atom. The molecule has 0 aromatic carbocycles. The minimum atomic E-state index is -0.239. The van der Waals surface area contributed by atoms with Crippen molar-refractivity contribution < 1.29 is 14.7 Å². The number of amides is 1. The van der Waals surface area contributed by atoms with Crippen LogP contribution in [0, 0.1) is 11.8 Å². The lowest BCUT2D eigenvalue weighted by Gasteiger charge is -2.38. The van der Waals surface area contributed by atoms with Crippen LogP contribution in [0.1, 0.15) is 70.9 Å². The highest BCUT2D eigenvalue weighted by Crippen LogP contribution is 2.45. The number of carbonyl (C=O) groups is 2. The van der Waals surface area contributed by atoms with E-state index in [-0.39, 0.29) is 47.9 Å². The van der Waals surface area contributed by atoms with Gasteiger partial charge in [-0.1, -0.05) is 5.92 Å². The van der Waals surface area contributed by atoms with Gasteiger partial charge >= 0.3 is 0 Å². The number of aromatic amines is 1. The third-order valence-corrected chi connectivity index (χ3v) is 7.40. The SMILES string of the molecule is CC(=O)c1c(C2C[C@H]3CC[C@@H](C2)N3C(=O)c2ncn[nH]2)nc2c(-c3ccc(C#CCO)nc3)cnn2c1N. The number of rotatable bonds is 4. The third-order valence-electron chi connectivity index (χ3n) is 7.40. The molecule has 4 N–H and O–H groups in total. The molecular weight excluding hydrogens is 486 g/mol. The second-order valence-electron chi connectivity index (χ2n) is 9.60. The van der Waals surface area contributed by atoms with Gasteiger partial charge in [-0.15, -0.1) is 0 Å².